The van der Waals surface area contributed by atoms with E-state index in [1.807, 2.05) is 73.7 Å². The summed E-state index contributed by atoms with van der Waals surface area (Å²) < 4.78 is 0. The third-order valence-corrected chi connectivity index (χ3v) is 5.96. The van der Waals surface area contributed by atoms with Crippen LogP contribution in [-0.2, 0) is 4.84 Å². The number of aryl methyl sites for hydroxylation is 1. The van der Waals surface area contributed by atoms with Gasteiger partial charge in [-0.25, -0.2) is 4.79 Å². The average molecular weight is 452 g/mol. The van der Waals surface area contributed by atoms with Crippen LogP contribution in [0.2, 0.25) is 0 Å². The number of nitrogens with zero attached hydrogens (tertiary/aromatic N) is 1. The first kappa shape index (κ1) is 22.2. The Hall–Kier alpha value is -3.96. The zero-order valence-electron chi connectivity index (χ0n) is 18.0. The van der Waals surface area contributed by atoms with Gasteiger partial charge in [-0.2, -0.15) is 0 Å². The molecule has 4 aromatic rings. The zero-order valence-corrected chi connectivity index (χ0v) is 18.8. The van der Waals surface area contributed by atoms with Crippen molar-refractivity contribution in [2.75, 3.05) is 0 Å². The Labute approximate surface area is 196 Å². The fourth-order valence-electron chi connectivity index (χ4n) is 3.20. The van der Waals surface area contributed by atoms with Crippen molar-refractivity contribution in [1.29, 1.82) is 0 Å². The van der Waals surface area contributed by atoms with E-state index in [0.717, 1.165) is 15.4 Å². The molecule has 0 aliphatic rings. The molecule has 0 aromatic heterocycles. The van der Waals surface area contributed by atoms with E-state index in [1.165, 1.54) is 0 Å². The van der Waals surface area contributed by atoms with Gasteiger partial charge in [0.1, 0.15) is 0 Å². The molecule has 0 aliphatic heterocycles. The minimum absolute atomic E-state index is 0.0841. The molecule has 5 heteroatoms. The van der Waals surface area contributed by atoms with Gasteiger partial charge in [0.15, 0.2) is 5.71 Å². The summed E-state index contributed by atoms with van der Waals surface area (Å²) in [5, 5.41) is 4.01. The van der Waals surface area contributed by atoms with E-state index in [0.29, 0.717) is 16.7 Å². The van der Waals surface area contributed by atoms with Crippen molar-refractivity contribution in [1.82, 2.24) is 0 Å². The number of oxime groups is 1. The molecule has 4 rings (SSSR count). The summed E-state index contributed by atoms with van der Waals surface area (Å²) in [5.41, 5.74) is 2.38. The van der Waals surface area contributed by atoms with Crippen molar-refractivity contribution in [3.8, 4) is 0 Å². The second-order valence-electron chi connectivity index (χ2n) is 7.27. The van der Waals surface area contributed by atoms with Gasteiger partial charge in [0.25, 0.3) is 0 Å². The highest BCUT2D eigenvalue weighted by Gasteiger charge is 2.20. The molecule has 0 atom stereocenters. The van der Waals surface area contributed by atoms with E-state index in [1.54, 1.807) is 54.2 Å². The molecule has 33 heavy (non-hydrogen) atoms. The highest BCUT2D eigenvalue weighted by molar-refractivity contribution is 7.99. The van der Waals surface area contributed by atoms with Crippen LogP contribution < -0.4 is 0 Å². The van der Waals surface area contributed by atoms with Gasteiger partial charge in [-0.15, -0.1) is 0 Å². The Balaban J connectivity index is 1.60. The molecule has 0 spiro atoms. The predicted octanol–water partition coefficient (Wildman–Crippen LogP) is 6.59. The van der Waals surface area contributed by atoms with E-state index >= 15 is 0 Å². The van der Waals surface area contributed by atoms with Gasteiger partial charge < -0.3 is 4.84 Å². The topological polar surface area (TPSA) is 55.7 Å². The van der Waals surface area contributed by atoms with Crippen LogP contribution in [0.15, 0.2) is 124 Å². The fraction of sp³-hybridized carbons (Fsp3) is 0.0357. The molecule has 0 heterocycles. The lowest BCUT2D eigenvalue weighted by molar-refractivity contribution is 0.0516. The SMILES string of the molecule is Cc1ccccc1C(=NOC(=O)c1ccccc1)C(=O)c1ccc(Sc2ccccc2)cc1. The fourth-order valence-corrected chi connectivity index (χ4v) is 4.04. The number of carbonyl (C=O) groups is 2. The Kier molecular flexibility index (Phi) is 7.12. The highest BCUT2D eigenvalue weighted by atomic mass is 32.2. The minimum atomic E-state index is -0.621. The lowest BCUT2D eigenvalue weighted by atomic mass is 9.97. The zero-order chi connectivity index (χ0) is 23.0. The molecule has 0 amide bonds. The van der Waals surface area contributed by atoms with Crippen molar-refractivity contribution in [3.05, 3.63) is 131 Å². The van der Waals surface area contributed by atoms with E-state index in [2.05, 4.69) is 5.16 Å². The second kappa shape index (κ2) is 10.6. The van der Waals surface area contributed by atoms with Crippen molar-refractivity contribution in [2.24, 2.45) is 5.16 Å². The van der Waals surface area contributed by atoms with Gasteiger partial charge in [0.2, 0.25) is 5.78 Å². The van der Waals surface area contributed by atoms with E-state index in [4.69, 9.17) is 4.84 Å². The molecule has 0 unspecified atom stereocenters. The average Bonchev–Trinajstić information content (AvgIpc) is 2.86. The number of rotatable bonds is 7. The van der Waals surface area contributed by atoms with E-state index in [9.17, 15) is 9.59 Å². The maximum Gasteiger partial charge on any atom is 0.365 e. The number of hydrogen-bond acceptors (Lipinski definition) is 5. The Morgan fingerprint density at radius 3 is 1.91 bits per heavy atom. The number of benzene rings is 4. The van der Waals surface area contributed by atoms with Gasteiger partial charge in [-0.05, 0) is 61.0 Å². The van der Waals surface area contributed by atoms with Crippen LogP contribution in [0.5, 0.6) is 0 Å². The third-order valence-electron chi connectivity index (χ3n) is 4.94. The standard InChI is InChI=1S/C28H21NO3S/c1-20-10-8-9-15-25(20)26(29-32-28(31)22-11-4-2-5-12-22)27(30)21-16-18-24(19-17-21)33-23-13-6-3-7-14-23/h2-19H,1H3. The predicted molar refractivity (Wildman–Crippen MR) is 131 cm³/mol. The molecule has 4 nitrogen and oxygen atoms in total. The first-order valence-corrected chi connectivity index (χ1v) is 11.2. The molecule has 0 aliphatic carbocycles. The lowest BCUT2D eigenvalue weighted by Gasteiger charge is -2.09. The second-order valence-corrected chi connectivity index (χ2v) is 8.42. The molecule has 0 radical (unpaired) electrons. The molecular formula is C28H21NO3S. The van der Waals surface area contributed by atoms with Crippen LogP contribution in [0.3, 0.4) is 0 Å². The van der Waals surface area contributed by atoms with Gasteiger partial charge >= 0.3 is 5.97 Å². The first-order valence-electron chi connectivity index (χ1n) is 10.4. The van der Waals surface area contributed by atoms with E-state index < -0.39 is 5.97 Å². The van der Waals surface area contributed by atoms with E-state index in [-0.39, 0.29) is 11.5 Å². The molecule has 0 N–H and O–H groups in total. The summed E-state index contributed by atoms with van der Waals surface area (Å²) in [6.45, 7) is 1.89. The molecule has 0 saturated carbocycles. The van der Waals surface area contributed by atoms with Gasteiger partial charge in [0.05, 0.1) is 5.56 Å². The minimum Gasteiger partial charge on any atom is -0.312 e. The maximum atomic E-state index is 13.4. The number of carbonyl (C=O) groups excluding carboxylic acids is 2. The normalized spacial score (nSPS) is 11.1. The number of Topliss-reactive ketones (excluding diaryl/α,β-unsaturated/α-hetero) is 1. The summed E-state index contributed by atoms with van der Waals surface area (Å²) >= 11 is 1.62. The largest absolute Gasteiger partial charge is 0.365 e. The molecule has 4 aromatic carbocycles. The van der Waals surface area contributed by atoms with Crippen LogP contribution in [0, 0.1) is 6.92 Å². The van der Waals surface area contributed by atoms with Crippen molar-refractivity contribution < 1.29 is 14.4 Å². The summed E-state index contributed by atoms with van der Waals surface area (Å²) in [6.07, 6.45) is 0. The van der Waals surface area contributed by atoms with Gasteiger partial charge in [-0.3, -0.25) is 4.79 Å². The van der Waals surface area contributed by atoms with Crippen molar-refractivity contribution in [2.45, 2.75) is 16.7 Å². The number of hydrogen-bond donors (Lipinski definition) is 0. The monoisotopic (exact) mass is 451 g/mol. The molecule has 0 fully saturated rings. The third kappa shape index (κ3) is 5.64. The smallest absolute Gasteiger partial charge is 0.312 e. The summed E-state index contributed by atoms with van der Waals surface area (Å²) in [5.74, 6) is -0.939. The van der Waals surface area contributed by atoms with Gasteiger partial charge in [0, 0.05) is 20.9 Å². The molecule has 0 saturated heterocycles. The lowest BCUT2D eigenvalue weighted by Crippen LogP contribution is -2.18. The molecule has 162 valence electrons. The van der Waals surface area contributed by atoms with Crippen molar-refractivity contribution >= 4 is 29.2 Å². The summed E-state index contributed by atoms with van der Waals surface area (Å²) in [6, 6.07) is 33.3. The molecule has 0 bridgehead atoms. The highest BCUT2D eigenvalue weighted by Crippen LogP contribution is 2.27. The Morgan fingerprint density at radius 1 is 0.667 bits per heavy atom. The molecular weight excluding hydrogens is 430 g/mol. The van der Waals surface area contributed by atoms with Crippen LogP contribution in [0.25, 0.3) is 0 Å². The first-order chi connectivity index (χ1) is 16.1. The van der Waals surface area contributed by atoms with Crippen LogP contribution in [-0.4, -0.2) is 17.5 Å². The van der Waals surface area contributed by atoms with Gasteiger partial charge in [-0.1, -0.05) is 77.6 Å². The number of ketones is 1. The van der Waals surface area contributed by atoms with Crippen molar-refractivity contribution in [3.63, 3.8) is 0 Å². The van der Waals surface area contributed by atoms with Crippen LogP contribution in [0.1, 0.15) is 31.8 Å². The quantitative estimate of drug-likeness (QED) is 0.138. The Bertz CT molecular complexity index is 1280. The maximum absolute atomic E-state index is 13.4. The summed E-state index contributed by atoms with van der Waals surface area (Å²) in [7, 11) is 0. The van der Waals surface area contributed by atoms with Crippen LogP contribution >= 0.6 is 11.8 Å². The Morgan fingerprint density at radius 2 is 1.24 bits per heavy atom. The summed E-state index contributed by atoms with van der Waals surface area (Å²) in [4.78, 5) is 33.1. The van der Waals surface area contributed by atoms with Crippen LogP contribution in [0.4, 0.5) is 0 Å².